The summed E-state index contributed by atoms with van der Waals surface area (Å²) in [5, 5.41) is 5.45. The highest BCUT2D eigenvalue weighted by atomic mass is 16.3. The van der Waals surface area contributed by atoms with Gasteiger partial charge in [-0.15, -0.1) is 0 Å². The van der Waals surface area contributed by atoms with Gasteiger partial charge in [0.1, 0.15) is 0 Å². The zero-order valence-electron chi connectivity index (χ0n) is 17.2. The summed E-state index contributed by atoms with van der Waals surface area (Å²) >= 11 is 0. The molecule has 1 aliphatic rings. The van der Waals surface area contributed by atoms with E-state index in [0.29, 0.717) is 19.0 Å². The van der Waals surface area contributed by atoms with Crippen molar-refractivity contribution in [3.8, 4) is 0 Å². The number of amides is 2. The van der Waals surface area contributed by atoms with E-state index < -0.39 is 11.8 Å². The maximum Gasteiger partial charge on any atom is 0.309 e. The molecule has 2 heterocycles. The van der Waals surface area contributed by atoms with Crippen molar-refractivity contribution in [2.75, 3.05) is 44.2 Å². The van der Waals surface area contributed by atoms with Crippen LogP contribution in [0.25, 0.3) is 0 Å². The quantitative estimate of drug-likeness (QED) is 0.597. The molecule has 3 rings (SSSR count). The predicted octanol–water partition coefficient (Wildman–Crippen LogP) is 0.614. The van der Waals surface area contributed by atoms with Crippen molar-refractivity contribution >= 4 is 17.5 Å². The molecular weight excluding hydrogens is 368 g/mol. The summed E-state index contributed by atoms with van der Waals surface area (Å²) in [4.78, 5) is 27.9. The van der Waals surface area contributed by atoms with Crippen molar-refractivity contribution in [1.82, 2.24) is 10.6 Å². The van der Waals surface area contributed by atoms with Gasteiger partial charge >= 0.3 is 11.8 Å². The van der Waals surface area contributed by atoms with Gasteiger partial charge in [-0.3, -0.25) is 9.59 Å². The number of nitrogens with zero attached hydrogens (tertiary/aromatic N) is 1. The molecule has 1 saturated heterocycles. The fraction of sp³-hybridized carbons (Fsp3) is 0.455. The van der Waals surface area contributed by atoms with E-state index in [1.165, 1.54) is 10.6 Å². The van der Waals surface area contributed by atoms with E-state index in [9.17, 15) is 9.59 Å². The Kier molecular flexibility index (Phi) is 7.30. The first-order valence-corrected chi connectivity index (χ1v) is 10.3. The van der Waals surface area contributed by atoms with Gasteiger partial charge in [-0.1, -0.05) is 32.0 Å². The molecule has 1 aliphatic heterocycles. The van der Waals surface area contributed by atoms with Gasteiger partial charge in [0.2, 0.25) is 0 Å². The number of furan rings is 1. The number of para-hydroxylation sites is 1. The minimum absolute atomic E-state index is 0.0234. The third-order valence-corrected chi connectivity index (χ3v) is 5.25. The molecule has 3 N–H and O–H groups in total. The molecule has 7 heteroatoms. The first kappa shape index (κ1) is 20.9. The number of rotatable bonds is 7. The first-order valence-electron chi connectivity index (χ1n) is 10.3. The zero-order chi connectivity index (χ0) is 20.6. The van der Waals surface area contributed by atoms with Crippen LogP contribution in [-0.4, -0.2) is 51.1 Å². The van der Waals surface area contributed by atoms with Gasteiger partial charge in [-0.25, -0.2) is 0 Å². The molecule has 0 spiro atoms. The number of hydrogen-bond donors (Lipinski definition) is 3. The summed E-state index contributed by atoms with van der Waals surface area (Å²) in [5.74, 6) is -0.0469. The average molecular weight is 400 g/mol. The Hall–Kier alpha value is -2.80. The van der Waals surface area contributed by atoms with Gasteiger partial charge in [-0.05, 0) is 30.2 Å². The average Bonchev–Trinajstić information content (AvgIpc) is 3.27. The maximum absolute atomic E-state index is 12.2. The molecule has 0 saturated carbocycles. The van der Waals surface area contributed by atoms with Crippen molar-refractivity contribution in [2.24, 2.45) is 5.92 Å². The maximum atomic E-state index is 12.2. The molecule has 0 radical (unpaired) electrons. The number of carbonyl (C=O) groups excluding carboxylic acids is 2. The molecule has 0 aliphatic carbocycles. The van der Waals surface area contributed by atoms with E-state index in [4.69, 9.17) is 4.42 Å². The normalized spacial score (nSPS) is 15.9. The minimum Gasteiger partial charge on any atom is -0.463 e. The standard InChI is InChI=1S/C22H30N4O3/c1-17(2)15-23-21(27)22(28)24-16-19(20-9-6-14-29-20)26-12-10-25(11-13-26)18-7-4-3-5-8-18/h3-9,14,17,19H,10-13,15-16H2,1-2H3,(H,23,27)(H,24,28)/p+1/t19-/m1/s1. The Morgan fingerprint density at radius 2 is 1.66 bits per heavy atom. The van der Waals surface area contributed by atoms with Crippen molar-refractivity contribution in [2.45, 2.75) is 19.9 Å². The first-order chi connectivity index (χ1) is 14.0. The largest absolute Gasteiger partial charge is 0.463 e. The number of carbonyl (C=O) groups is 2. The summed E-state index contributed by atoms with van der Waals surface area (Å²) in [6.45, 7) is 8.54. The Labute approximate surface area is 172 Å². The monoisotopic (exact) mass is 399 g/mol. The molecule has 0 bridgehead atoms. The fourth-order valence-electron chi connectivity index (χ4n) is 3.63. The molecule has 29 heavy (non-hydrogen) atoms. The van der Waals surface area contributed by atoms with Crippen LogP contribution < -0.4 is 20.4 Å². The summed E-state index contributed by atoms with van der Waals surface area (Å²) < 4.78 is 5.65. The minimum atomic E-state index is -0.593. The lowest BCUT2D eigenvalue weighted by Crippen LogP contribution is -3.15. The highest BCUT2D eigenvalue weighted by Gasteiger charge is 2.31. The number of hydrogen-bond acceptors (Lipinski definition) is 4. The molecule has 0 unspecified atom stereocenters. The van der Waals surface area contributed by atoms with E-state index in [0.717, 1.165) is 31.9 Å². The third-order valence-electron chi connectivity index (χ3n) is 5.25. The number of nitrogens with one attached hydrogen (secondary N) is 3. The molecule has 2 amide bonds. The molecule has 1 atom stereocenters. The van der Waals surface area contributed by atoms with E-state index in [2.05, 4.69) is 39.8 Å². The lowest BCUT2D eigenvalue weighted by molar-refractivity contribution is -0.932. The fourth-order valence-corrected chi connectivity index (χ4v) is 3.63. The van der Waals surface area contributed by atoms with Gasteiger partial charge < -0.3 is 24.9 Å². The Bertz CT molecular complexity index is 769. The molecular formula is C22H31N4O3+. The van der Waals surface area contributed by atoms with Gasteiger partial charge in [0.25, 0.3) is 0 Å². The molecule has 1 aromatic carbocycles. The Morgan fingerprint density at radius 1 is 1.00 bits per heavy atom. The second-order valence-corrected chi connectivity index (χ2v) is 7.86. The zero-order valence-corrected chi connectivity index (χ0v) is 17.2. The van der Waals surface area contributed by atoms with E-state index >= 15 is 0 Å². The molecule has 7 nitrogen and oxygen atoms in total. The number of benzene rings is 1. The Balaban J connectivity index is 1.57. The number of anilines is 1. The molecule has 1 aromatic heterocycles. The van der Waals surface area contributed by atoms with Crippen LogP contribution in [-0.2, 0) is 9.59 Å². The van der Waals surface area contributed by atoms with Crippen LogP contribution in [0.15, 0.2) is 53.1 Å². The summed E-state index contributed by atoms with van der Waals surface area (Å²) in [5.41, 5.74) is 1.23. The SMILES string of the molecule is CC(C)CNC(=O)C(=O)NC[C@H](c1ccco1)[NH+]1CCN(c2ccccc2)CC1. The Morgan fingerprint density at radius 3 is 2.24 bits per heavy atom. The summed E-state index contributed by atoms with van der Waals surface area (Å²) in [6, 6.07) is 14.2. The topological polar surface area (TPSA) is 79.0 Å². The van der Waals surface area contributed by atoms with Crippen molar-refractivity contribution in [3.05, 3.63) is 54.5 Å². The van der Waals surface area contributed by atoms with Crippen LogP contribution in [0, 0.1) is 5.92 Å². The van der Waals surface area contributed by atoms with Gasteiger partial charge in [0.05, 0.1) is 39.0 Å². The van der Waals surface area contributed by atoms with Crippen molar-refractivity contribution < 1.29 is 18.9 Å². The number of quaternary nitrogens is 1. The summed E-state index contributed by atoms with van der Waals surface area (Å²) in [6.07, 6.45) is 1.65. The van der Waals surface area contributed by atoms with Crippen LogP contribution in [0.4, 0.5) is 5.69 Å². The molecule has 156 valence electrons. The van der Waals surface area contributed by atoms with Crippen LogP contribution in [0.1, 0.15) is 25.6 Å². The van der Waals surface area contributed by atoms with Gasteiger partial charge in [-0.2, -0.15) is 0 Å². The van der Waals surface area contributed by atoms with Gasteiger partial charge in [0, 0.05) is 12.2 Å². The van der Waals surface area contributed by atoms with Crippen molar-refractivity contribution in [1.29, 1.82) is 0 Å². The second-order valence-electron chi connectivity index (χ2n) is 7.86. The highest BCUT2D eigenvalue weighted by Crippen LogP contribution is 2.14. The summed E-state index contributed by atoms with van der Waals surface area (Å²) in [7, 11) is 0. The van der Waals surface area contributed by atoms with Gasteiger partial charge in [0.15, 0.2) is 11.8 Å². The third kappa shape index (κ3) is 5.84. The van der Waals surface area contributed by atoms with E-state index in [1.54, 1.807) is 6.26 Å². The van der Waals surface area contributed by atoms with E-state index in [1.807, 2.05) is 32.0 Å². The lowest BCUT2D eigenvalue weighted by atomic mass is 10.1. The van der Waals surface area contributed by atoms with Crippen LogP contribution in [0.5, 0.6) is 0 Å². The molecule has 1 fully saturated rings. The van der Waals surface area contributed by atoms with E-state index in [-0.39, 0.29) is 6.04 Å². The van der Waals surface area contributed by atoms with Crippen LogP contribution in [0.3, 0.4) is 0 Å². The van der Waals surface area contributed by atoms with Crippen molar-refractivity contribution in [3.63, 3.8) is 0 Å². The predicted molar refractivity (Wildman–Crippen MR) is 112 cm³/mol. The lowest BCUT2D eigenvalue weighted by Gasteiger charge is -2.37. The highest BCUT2D eigenvalue weighted by molar-refractivity contribution is 6.35. The van der Waals surface area contributed by atoms with Crippen LogP contribution in [0.2, 0.25) is 0 Å². The molecule has 2 aromatic rings. The smallest absolute Gasteiger partial charge is 0.309 e. The number of piperazine rings is 1. The second kappa shape index (κ2) is 10.1. The van der Waals surface area contributed by atoms with Crippen LogP contribution >= 0.6 is 0 Å².